The van der Waals surface area contributed by atoms with Gasteiger partial charge in [0.15, 0.2) is 5.82 Å². The predicted octanol–water partition coefficient (Wildman–Crippen LogP) is 4.31. The molecule has 3 heterocycles. The molecule has 2 N–H and O–H groups in total. The summed E-state index contributed by atoms with van der Waals surface area (Å²) in [5.74, 6) is 1.43. The summed E-state index contributed by atoms with van der Waals surface area (Å²) in [4.78, 5) is 20.9. The first-order valence-electron chi connectivity index (χ1n) is 8.24. The normalized spacial score (nSPS) is 11.1. The van der Waals surface area contributed by atoms with Crippen LogP contribution in [-0.2, 0) is 0 Å². The van der Waals surface area contributed by atoms with Crippen molar-refractivity contribution in [2.75, 3.05) is 5.32 Å². The molecule has 26 heavy (non-hydrogen) atoms. The van der Waals surface area contributed by atoms with Crippen molar-refractivity contribution in [1.82, 2.24) is 24.9 Å². The molecule has 0 fully saturated rings. The summed E-state index contributed by atoms with van der Waals surface area (Å²) in [5.41, 5.74) is 4.66. The summed E-state index contributed by atoms with van der Waals surface area (Å²) in [6.45, 7) is 0. The fraction of sp³-hybridized carbons (Fsp3) is 0. The van der Waals surface area contributed by atoms with E-state index in [9.17, 15) is 0 Å². The number of anilines is 2. The Morgan fingerprint density at radius 3 is 2.65 bits per heavy atom. The quantitative estimate of drug-likeness (QED) is 0.512. The monoisotopic (exact) mass is 338 g/mol. The number of aromatic amines is 1. The second-order valence-electron chi connectivity index (χ2n) is 5.91. The molecule has 124 valence electrons. The molecule has 3 aromatic heterocycles. The van der Waals surface area contributed by atoms with Crippen molar-refractivity contribution in [3.8, 4) is 11.4 Å². The van der Waals surface area contributed by atoms with E-state index in [1.54, 1.807) is 18.7 Å². The summed E-state index contributed by atoms with van der Waals surface area (Å²) in [6.07, 6.45) is 5.18. The minimum absolute atomic E-state index is 0.663. The maximum atomic E-state index is 4.76. The van der Waals surface area contributed by atoms with Crippen molar-refractivity contribution in [2.24, 2.45) is 0 Å². The number of fused-ring (bicyclic) bond motifs is 2. The largest absolute Gasteiger partial charge is 0.345 e. The lowest BCUT2D eigenvalue weighted by Crippen LogP contribution is -1.99. The number of pyridine rings is 1. The van der Waals surface area contributed by atoms with Crippen molar-refractivity contribution in [2.45, 2.75) is 0 Å². The van der Waals surface area contributed by atoms with Crippen LogP contribution in [0.4, 0.5) is 11.5 Å². The van der Waals surface area contributed by atoms with Gasteiger partial charge in [0, 0.05) is 29.0 Å². The molecule has 5 aromatic rings. The van der Waals surface area contributed by atoms with Crippen LogP contribution in [-0.4, -0.2) is 24.9 Å². The lowest BCUT2D eigenvalue weighted by atomic mass is 10.2. The van der Waals surface area contributed by atoms with E-state index in [4.69, 9.17) is 9.97 Å². The molecule has 6 heteroatoms. The SMILES string of the molecule is c1ccc2c(Nc3ccc4nc[nH]c4c3)nc(-c3ccncc3)nc2c1. The maximum Gasteiger partial charge on any atom is 0.162 e. The first kappa shape index (κ1) is 14.5. The number of H-pyrrole nitrogens is 1. The van der Waals surface area contributed by atoms with E-state index in [1.165, 1.54) is 0 Å². The summed E-state index contributed by atoms with van der Waals surface area (Å²) in [5, 5.41) is 4.39. The Hall–Kier alpha value is -3.80. The van der Waals surface area contributed by atoms with Gasteiger partial charge in [-0.2, -0.15) is 0 Å². The summed E-state index contributed by atoms with van der Waals surface area (Å²) >= 11 is 0. The average Bonchev–Trinajstić information content (AvgIpc) is 3.16. The van der Waals surface area contributed by atoms with Crippen molar-refractivity contribution < 1.29 is 0 Å². The van der Waals surface area contributed by atoms with Gasteiger partial charge < -0.3 is 10.3 Å². The van der Waals surface area contributed by atoms with Crippen LogP contribution in [0.1, 0.15) is 0 Å². The third kappa shape index (κ3) is 2.53. The minimum atomic E-state index is 0.663. The number of hydrogen-bond donors (Lipinski definition) is 2. The molecule has 0 spiro atoms. The highest BCUT2D eigenvalue weighted by molar-refractivity contribution is 5.93. The number of benzene rings is 2. The zero-order valence-corrected chi connectivity index (χ0v) is 13.7. The van der Waals surface area contributed by atoms with Gasteiger partial charge >= 0.3 is 0 Å². The van der Waals surface area contributed by atoms with Crippen LogP contribution in [0.5, 0.6) is 0 Å². The first-order valence-corrected chi connectivity index (χ1v) is 8.24. The molecule has 0 saturated carbocycles. The van der Waals surface area contributed by atoms with Gasteiger partial charge in [-0.3, -0.25) is 4.98 Å². The lowest BCUT2D eigenvalue weighted by Gasteiger charge is -2.11. The van der Waals surface area contributed by atoms with Crippen molar-refractivity contribution in [3.05, 3.63) is 73.3 Å². The number of rotatable bonds is 3. The topological polar surface area (TPSA) is 79.4 Å². The second kappa shape index (κ2) is 5.93. The fourth-order valence-electron chi connectivity index (χ4n) is 2.95. The first-order chi connectivity index (χ1) is 12.9. The molecule has 0 aliphatic carbocycles. The number of nitrogens with one attached hydrogen (secondary N) is 2. The Balaban J connectivity index is 1.65. The van der Waals surface area contributed by atoms with Crippen LogP contribution < -0.4 is 5.32 Å². The Kier molecular flexibility index (Phi) is 3.31. The van der Waals surface area contributed by atoms with Crippen LogP contribution in [0, 0.1) is 0 Å². The van der Waals surface area contributed by atoms with Gasteiger partial charge in [-0.1, -0.05) is 12.1 Å². The molecule has 6 nitrogen and oxygen atoms in total. The van der Waals surface area contributed by atoms with Gasteiger partial charge in [-0.05, 0) is 42.5 Å². The van der Waals surface area contributed by atoms with Crippen LogP contribution in [0.2, 0.25) is 0 Å². The van der Waals surface area contributed by atoms with Gasteiger partial charge in [0.25, 0.3) is 0 Å². The molecular formula is C20H14N6. The van der Waals surface area contributed by atoms with Crippen LogP contribution >= 0.6 is 0 Å². The maximum absolute atomic E-state index is 4.76. The van der Waals surface area contributed by atoms with E-state index in [1.807, 2.05) is 54.6 Å². The molecule has 0 radical (unpaired) electrons. The third-order valence-corrected chi connectivity index (χ3v) is 4.22. The van der Waals surface area contributed by atoms with Crippen LogP contribution in [0.15, 0.2) is 73.3 Å². The van der Waals surface area contributed by atoms with Crippen molar-refractivity contribution in [3.63, 3.8) is 0 Å². The van der Waals surface area contributed by atoms with Gasteiger partial charge in [0.1, 0.15) is 5.82 Å². The number of hydrogen-bond acceptors (Lipinski definition) is 5. The molecule has 5 rings (SSSR count). The highest BCUT2D eigenvalue weighted by Gasteiger charge is 2.10. The van der Waals surface area contributed by atoms with E-state index >= 15 is 0 Å². The van der Waals surface area contributed by atoms with Gasteiger partial charge in [0.05, 0.1) is 22.9 Å². The van der Waals surface area contributed by atoms with E-state index in [0.29, 0.717) is 5.82 Å². The Morgan fingerprint density at radius 1 is 0.846 bits per heavy atom. The molecule has 0 atom stereocenters. The predicted molar refractivity (Wildman–Crippen MR) is 102 cm³/mol. The standard InChI is InChI=1S/C20H14N6/c1-2-4-16-15(3-1)20(26-19(25-16)13-7-9-21-10-8-13)24-14-5-6-17-18(11-14)23-12-22-17/h1-12H,(H,22,23)(H,24,25,26). The van der Waals surface area contributed by atoms with Gasteiger partial charge in [0.2, 0.25) is 0 Å². The van der Waals surface area contributed by atoms with Crippen LogP contribution in [0.25, 0.3) is 33.3 Å². The Morgan fingerprint density at radius 2 is 1.73 bits per heavy atom. The number of para-hydroxylation sites is 1. The summed E-state index contributed by atoms with van der Waals surface area (Å²) in [7, 11) is 0. The summed E-state index contributed by atoms with van der Waals surface area (Å²) in [6, 6.07) is 17.8. The number of nitrogens with zero attached hydrogens (tertiary/aromatic N) is 4. The third-order valence-electron chi connectivity index (χ3n) is 4.22. The fourth-order valence-corrected chi connectivity index (χ4v) is 2.95. The second-order valence-corrected chi connectivity index (χ2v) is 5.91. The zero-order chi connectivity index (χ0) is 17.3. The highest BCUT2D eigenvalue weighted by atomic mass is 15.0. The molecule has 0 unspecified atom stereocenters. The molecule has 2 aromatic carbocycles. The van der Waals surface area contributed by atoms with Gasteiger partial charge in [-0.25, -0.2) is 15.0 Å². The lowest BCUT2D eigenvalue weighted by molar-refractivity contribution is 1.21. The molecule has 0 amide bonds. The number of aromatic nitrogens is 5. The van der Waals surface area contributed by atoms with Crippen molar-refractivity contribution >= 4 is 33.4 Å². The van der Waals surface area contributed by atoms with E-state index in [-0.39, 0.29) is 0 Å². The molecule has 0 bridgehead atoms. The van der Waals surface area contributed by atoms with E-state index in [2.05, 4.69) is 20.3 Å². The molecular weight excluding hydrogens is 324 g/mol. The van der Waals surface area contributed by atoms with E-state index < -0.39 is 0 Å². The molecule has 0 aliphatic rings. The molecule has 0 saturated heterocycles. The highest BCUT2D eigenvalue weighted by Crippen LogP contribution is 2.28. The van der Waals surface area contributed by atoms with Gasteiger partial charge in [-0.15, -0.1) is 0 Å². The smallest absolute Gasteiger partial charge is 0.162 e. The minimum Gasteiger partial charge on any atom is -0.345 e. The Bertz CT molecular complexity index is 1210. The zero-order valence-electron chi connectivity index (χ0n) is 13.7. The molecule has 0 aliphatic heterocycles. The number of imidazole rings is 1. The average molecular weight is 338 g/mol. The van der Waals surface area contributed by atoms with Crippen molar-refractivity contribution in [1.29, 1.82) is 0 Å². The van der Waals surface area contributed by atoms with Crippen LogP contribution in [0.3, 0.4) is 0 Å². The summed E-state index contributed by atoms with van der Waals surface area (Å²) < 4.78 is 0. The van der Waals surface area contributed by atoms with E-state index in [0.717, 1.165) is 39.0 Å². The Labute approximate surface area is 149 Å².